The Morgan fingerprint density at radius 1 is 0.833 bits per heavy atom. The van der Waals surface area contributed by atoms with Crippen molar-refractivity contribution in [3.63, 3.8) is 0 Å². The normalized spacial score (nSPS) is 16.3. The number of hydrogen-bond donors (Lipinski definition) is 1. The van der Waals surface area contributed by atoms with E-state index in [1.165, 1.54) is 10.5 Å². The molecule has 3 aromatic rings. The number of amides is 1. The van der Waals surface area contributed by atoms with Gasteiger partial charge in [-0.05, 0) is 29.7 Å². The smallest absolute Gasteiger partial charge is 0.261 e. The molecule has 4 rings (SSSR count). The van der Waals surface area contributed by atoms with Gasteiger partial charge in [0.25, 0.3) is 5.91 Å². The molecule has 3 aromatic carbocycles. The fraction of sp³-hybridized carbons (Fsp3) is 0.0952. The fourth-order valence-electron chi connectivity index (χ4n) is 3.25. The highest BCUT2D eigenvalue weighted by molar-refractivity contribution is 6.11. The molecule has 0 aromatic heterocycles. The molecule has 0 bridgehead atoms. The third-order valence-corrected chi connectivity index (χ3v) is 4.42. The summed E-state index contributed by atoms with van der Waals surface area (Å²) in [5.74, 6) is -0.154. The lowest BCUT2D eigenvalue weighted by molar-refractivity contribution is 0.0935. The molecule has 0 fully saturated rings. The third-order valence-electron chi connectivity index (χ3n) is 4.42. The minimum atomic E-state index is -0.939. The van der Waals surface area contributed by atoms with Crippen molar-refractivity contribution < 1.29 is 9.90 Å². The van der Waals surface area contributed by atoms with Crippen LogP contribution >= 0.6 is 0 Å². The Morgan fingerprint density at radius 2 is 1.50 bits per heavy atom. The zero-order chi connectivity index (χ0) is 16.5. The van der Waals surface area contributed by atoms with Crippen molar-refractivity contribution in [2.24, 2.45) is 0 Å². The molecule has 0 radical (unpaired) electrons. The summed E-state index contributed by atoms with van der Waals surface area (Å²) in [5, 5.41) is 10.7. The van der Waals surface area contributed by atoms with Crippen LogP contribution in [0.25, 0.3) is 0 Å². The van der Waals surface area contributed by atoms with Crippen LogP contribution in [0.3, 0.4) is 0 Å². The number of carbonyl (C=O) groups excluding carboxylic acids is 1. The van der Waals surface area contributed by atoms with Gasteiger partial charge < -0.3 is 5.11 Å². The first-order valence-electron chi connectivity index (χ1n) is 7.98. The summed E-state index contributed by atoms with van der Waals surface area (Å²) < 4.78 is 0. The highest BCUT2D eigenvalue weighted by atomic mass is 16.3. The van der Waals surface area contributed by atoms with Crippen molar-refractivity contribution in [3.05, 3.63) is 101 Å². The molecular weight excluding hydrogens is 298 g/mol. The number of nitrogens with zero attached hydrogens (tertiary/aromatic N) is 1. The van der Waals surface area contributed by atoms with E-state index in [4.69, 9.17) is 0 Å². The minimum Gasteiger partial charge on any atom is -0.369 e. The number of rotatable bonds is 3. The zero-order valence-electron chi connectivity index (χ0n) is 13.1. The number of anilines is 1. The monoisotopic (exact) mass is 315 g/mol. The van der Waals surface area contributed by atoms with Crippen molar-refractivity contribution >= 4 is 11.6 Å². The number of aliphatic hydroxyl groups is 1. The first-order chi connectivity index (χ1) is 11.8. The predicted octanol–water partition coefficient (Wildman–Crippen LogP) is 3.93. The van der Waals surface area contributed by atoms with Crippen LogP contribution < -0.4 is 4.90 Å². The Morgan fingerprint density at radius 3 is 2.29 bits per heavy atom. The van der Waals surface area contributed by atoms with Gasteiger partial charge >= 0.3 is 0 Å². The van der Waals surface area contributed by atoms with E-state index in [0.29, 0.717) is 17.5 Å². The summed E-state index contributed by atoms with van der Waals surface area (Å²) >= 11 is 0. The molecule has 118 valence electrons. The second-order valence-electron chi connectivity index (χ2n) is 5.93. The summed E-state index contributed by atoms with van der Waals surface area (Å²) in [4.78, 5) is 14.3. The maximum absolute atomic E-state index is 12.8. The molecule has 1 heterocycles. The predicted molar refractivity (Wildman–Crippen MR) is 93.9 cm³/mol. The van der Waals surface area contributed by atoms with Crippen molar-refractivity contribution in [1.29, 1.82) is 0 Å². The van der Waals surface area contributed by atoms with Crippen LogP contribution in [0.2, 0.25) is 0 Å². The van der Waals surface area contributed by atoms with Crippen LogP contribution in [0.4, 0.5) is 5.69 Å². The molecule has 3 nitrogen and oxygen atoms in total. The Bertz CT molecular complexity index is 889. The van der Waals surface area contributed by atoms with Crippen LogP contribution in [0.15, 0.2) is 78.9 Å². The standard InChI is InChI=1S/C21H17NO2/c23-20-17-11-5-6-12-18(17)21(24)22(20)19-13-7-4-10-16(19)14-15-8-2-1-3-9-15/h1-13,20,23H,14H2. The van der Waals surface area contributed by atoms with E-state index in [9.17, 15) is 9.90 Å². The van der Waals surface area contributed by atoms with Gasteiger partial charge in [-0.2, -0.15) is 0 Å². The van der Waals surface area contributed by atoms with Crippen molar-refractivity contribution in [2.45, 2.75) is 12.6 Å². The van der Waals surface area contributed by atoms with Gasteiger partial charge in [-0.3, -0.25) is 9.69 Å². The Labute approximate surface area is 140 Å². The first kappa shape index (κ1) is 14.7. The first-order valence-corrected chi connectivity index (χ1v) is 7.98. The van der Waals surface area contributed by atoms with Crippen LogP contribution in [0.1, 0.15) is 33.3 Å². The molecule has 24 heavy (non-hydrogen) atoms. The second kappa shape index (κ2) is 5.95. The second-order valence-corrected chi connectivity index (χ2v) is 5.93. The number of benzene rings is 3. The summed E-state index contributed by atoms with van der Waals surface area (Å²) in [6.45, 7) is 0. The topological polar surface area (TPSA) is 40.5 Å². The number of fused-ring (bicyclic) bond motifs is 1. The minimum absolute atomic E-state index is 0.154. The highest BCUT2D eigenvalue weighted by Gasteiger charge is 2.36. The van der Waals surface area contributed by atoms with Crippen LogP contribution in [0, 0.1) is 0 Å². The van der Waals surface area contributed by atoms with Gasteiger partial charge in [0.2, 0.25) is 0 Å². The van der Waals surface area contributed by atoms with Gasteiger partial charge in [-0.1, -0.05) is 66.7 Å². The third kappa shape index (κ3) is 2.39. The van der Waals surface area contributed by atoms with E-state index in [1.54, 1.807) is 12.1 Å². The van der Waals surface area contributed by atoms with Crippen molar-refractivity contribution in [1.82, 2.24) is 0 Å². The molecule has 1 atom stereocenters. The molecule has 1 N–H and O–H groups in total. The maximum Gasteiger partial charge on any atom is 0.261 e. The van der Waals surface area contributed by atoms with E-state index in [-0.39, 0.29) is 5.91 Å². The Hall–Kier alpha value is -2.91. The van der Waals surface area contributed by atoms with Gasteiger partial charge in [-0.25, -0.2) is 0 Å². The average Bonchev–Trinajstić information content (AvgIpc) is 2.88. The van der Waals surface area contributed by atoms with Crippen molar-refractivity contribution in [3.8, 4) is 0 Å². The lowest BCUT2D eigenvalue weighted by Crippen LogP contribution is -2.28. The molecule has 0 aliphatic carbocycles. The SMILES string of the molecule is O=C1c2ccccc2C(O)N1c1ccccc1Cc1ccccc1. The summed E-state index contributed by atoms with van der Waals surface area (Å²) in [7, 11) is 0. The van der Waals surface area contributed by atoms with E-state index in [0.717, 1.165) is 11.3 Å². The number of para-hydroxylation sites is 1. The van der Waals surface area contributed by atoms with Crippen LogP contribution in [-0.4, -0.2) is 11.0 Å². The van der Waals surface area contributed by atoms with Crippen LogP contribution in [0.5, 0.6) is 0 Å². The van der Waals surface area contributed by atoms with Crippen LogP contribution in [-0.2, 0) is 6.42 Å². The fourth-order valence-corrected chi connectivity index (χ4v) is 3.25. The number of carbonyl (C=O) groups is 1. The molecule has 0 saturated carbocycles. The molecule has 0 saturated heterocycles. The molecule has 1 amide bonds. The number of aliphatic hydroxyl groups excluding tert-OH is 1. The van der Waals surface area contributed by atoms with E-state index in [2.05, 4.69) is 12.1 Å². The van der Waals surface area contributed by atoms with Crippen molar-refractivity contribution in [2.75, 3.05) is 4.90 Å². The van der Waals surface area contributed by atoms with Gasteiger partial charge in [0.1, 0.15) is 0 Å². The molecule has 3 heteroatoms. The Kier molecular flexibility index (Phi) is 3.63. The van der Waals surface area contributed by atoms with Gasteiger partial charge in [0.05, 0.1) is 5.69 Å². The lowest BCUT2D eigenvalue weighted by atomic mass is 10.0. The molecule has 1 aliphatic rings. The van der Waals surface area contributed by atoms with E-state index < -0.39 is 6.23 Å². The van der Waals surface area contributed by atoms with E-state index in [1.807, 2.05) is 54.6 Å². The summed E-state index contributed by atoms with van der Waals surface area (Å²) in [6, 6.07) is 25.1. The quantitative estimate of drug-likeness (QED) is 0.795. The summed E-state index contributed by atoms with van der Waals surface area (Å²) in [6.07, 6.45) is -0.227. The van der Waals surface area contributed by atoms with Gasteiger partial charge in [0.15, 0.2) is 6.23 Å². The van der Waals surface area contributed by atoms with E-state index >= 15 is 0 Å². The van der Waals surface area contributed by atoms with Gasteiger partial charge in [-0.15, -0.1) is 0 Å². The lowest BCUT2D eigenvalue weighted by Gasteiger charge is -2.24. The average molecular weight is 315 g/mol. The molecule has 0 spiro atoms. The van der Waals surface area contributed by atoms with Gasteiger partial charge in [0, 0.05) is 11.1 Å². The molecular formula is C21H17NO2. The largest absolute Gasteiger partial charge is 0.369 e. The summed E-state index contributed by atoms with van der Waals surface area (Å²) in [5.41, 5.74) is 4.18. The molecule has 1 aliphatic heterocycles. The molecule has 1 unspecified atom stereocenters. The zero-order valence-corrected chi connectivity index (χ0v) is 13.1. The maximum atomic E-state index is 12.8. The highest BCUT2D eigenvalue weighted by Crippen LogP contribution is 2.37. The Balaban J connectivity index is 1.75. The number of hydrogen-bond acceptors (Lipinski definition) is 2.